The Kier molecular flexibility index (Phi) is 7.63. The number of ketones is 1. The molecule has 5 rings (SSSR count). The van der Waals surface area contributed by atoms with Crippen molar-refractivity contribution in [2.75, 3.05) is 26.2 Å². The van der Waals surface area contributed by atoms with Gasteiger partial charge in [-0.2, -0.15) is 0 Å². The first kappa shape index (κ1) is 25.5. The number of benzene rings is 3. The van der Waals surface area contributed by atoms with E-state index in [0.29, 0.717) is 12.2 Å². The highest BCUT2D eigenvalue weighted by Gasteiger charge is 2.22. The lowest BCUT2D eigenvalue weighted by Crippen LogP contribution is -2.33. The third-order valence-electron chi connectivity index (χ3n) is 6.60. The van der Waals surface area contributed by atoms with E-state index < -0.39 is 0 Å². The molecule has 1 saturated heterocycles. The van der Waals surface area contributed by atoms with Crippen LogP contribution < -0.4 is 9.47 Å². The van der Waals surface area contributed by atoms with Crippen LogP contribution >= 0.6 is 11.3 Å². The highest BCUT2D eigenvalue weighted by atomic mass is 32.1. The minimum atomic E-state index is -0.286. The third kappa shape index (κ3) is 6.23. The number of likely N-dealkylation sites (tertiary alicyclic amines) is 1. The number of ether oxygens (including phenoxy) is 2. The highest BCUT2D eigenvalue weighted by Crippen LogP contribution is 2.40. The Hall–Kier alpha value is -3.15. The topological polar surface area (TPSA) is 38.8 Å². The van der Waals surface area contributed by atoms with Gasteiger partial charge in [0.05, 0.1) is 0 Å². The lowest BCUT2D eigenvalue weighted by molar-refractivity contribution is 0.104. The van der Waals surface area contributed by atoms with Crippen LogP contribution in [-0.2, 0) is 0 Å². The summed E-state index contributed by atoms with van der Waals surface area (Å²) in [7, 11) is 0. The van der Waals surface area contributed by atoms with E-state index in [1.54, 1.807) is 11.3 Å². The van der Waals surface area contributed by atoms with E-state index in [2.05, 4.69) is 23.1 Å². The van der Waals surface area contributed by atoms with Crippen LogP contribution in [0.25, 0.3) is 20.5 Å². The number of carbonyl (C=O) groups is 1. The number of carbonyl (C=O) groups excluding carboxylic acids is 1. The normalized spacial score (nSPS) is 14.6. The van der Waals surface area contributed by atoms with Crippen molar-refractivity contribution in [3.05, 3.63) is 83.9 Å². The van der Waals surface area contributed by atoms with Gasteiger partial charge in [-0.3, -0.25) is 9.69 Å². The van der Waals surface area contributed by atoms with Crippen LogP contribution in [0.3, 0.4) is 0 Å². The van der Waals surface area contributed by atoms with E-state index in [4.69, 9.17) is 9.47 Å². The number of hydrogen-bond donors (Lipinski definition) is 0. The number of rotatable bonds is 8. The fourth-order valence-corrected chi connectivity index (χ4v) is 6.03. The van der Waals surface area contributed by atoms with Crippen molar-refractivity contribution in [2.24, 2.45) is 0 Å². The predicted octanol–water partition coefficient (Wildman–Crippen LogP) is 7.84. The molecule has 1 aliphatic heterocycles. The van der Waals surface area contributed by atoms with Crippen molar-refractivity contribution in [1.82, 2.24) is 4.90 Å². The summed E-state index contributed by atoms with van der Waals surface area (Å²) in [6, 6.07) is 23.8. The first-order valence-corrected chi connectivity index (χ1v) is 14.0. The first-order chi connectivity index (χ1) is 17.9. The molecule has 0 amide bonds. The van der Waals surface area contributed by atoms with Crippen LogP contribution in [0.4, 0.5) is 0 Å². The van der Waals surface area contributed by atoms with Crippen LogP contribution in [0.1, 0.15) is 56.0 Å². The molecule has 3 aromatic carbocycles. The molecule has 5 heteroatoms. The summed E-state index contributed by atoms with van der Waals surface area (Å²) in [5.41, 5.74) is 2.15. The summed E-state index contributed by atoms with van der Waals surface area (Å²) >= 11 is 1.66. The quantitative estimate of drug-likeness (QED) is 0.225. The zero-order chi connectivity index (χ0) is 25.8. The molecular weight excluding hydrogens is 478 g/mol. The largest absolute Gasteiger partial charge is 0.492 e. The van der Waals surface area contributed by atoms with E-state index in [1.807, 2.05) is 75.4 Å². The van der Waals surface area contributed by atoms with Crippen LogP contribution in [0.15, 0.2) is 72.8 Å². The molecule has 0 unspecified atom stereocenters. The lowest BCUT2D eigenvalue weighted by Gasteiger charge is -2.26. The van der Waals surface area contributed by atoms with Gasteiger partial charge in [-0.25, -0.2) is 0 Å². The van der Waals surface area contributed by atoms with Gasteiger partial charge in [-0.05, 0) is 107 Å². The molecule has 1 aromatic heterocycles. The van der Waals surface area contributed by atoms with E-state index in [0.717, 1.165) is 44.1 Å². The van der Waals surface area contributed by atoms with E-state index in [1.165, 1.54) is 32.4 Å². The Labute approximate surface area is 223 Å². The van der Waals surface area contributed by atoms with Crippen LogP contribution in [0.5, 0.6) is 11.5 Å². The Morgan fingerprint density at radius 3 is 2.24 bits per heavy atom. The van der Waals surface area contributed by atoms with Crippen molar-refractivity contribution in [1.29, 1.82) is 0 Å². The van der Waals surface area contributed by atoms with E-state index in [9.17, 15) is 4.79 Å². The second-order valence-electron chi connectivity index (χ2n) is 10.6. The summed E-state index contributed by atoms with van der Waals surface area (Å²) in [4.78, 5) is 17.3. The summed E-state index contributed by atoms with van der Waals surface area (Å²) in [5.74, 6) is 1.65. The van der Waals surface area contributed by atoms with Gasteiger partial charge in [0.15, 0.2) is 5.78 Å². The lowest BCUT2D eigenvalue weighted by atomic mass is 9.97. The Balaban J connectivity index is 1.37. The van der Waals surface area contributed by atoms with Crippen LogP contribution in [0, 0.1) is 0 Å². The number of thiophene rings is 1. The van der Waals surface area contributed by atoms with Crippen molar-refractivity contribution < 1.29 is 14.3 Å². The molecule has 192 valence electrons. The number of hydrogen-bond acceptors (Lipinski definition) is 5. The Morgan fingerprint density at radius 2 is 1.54 bits per heavy atom. The number of nitrogens with zero attached hydrogens (tertiary/aromatic N) is 1. The first-order valence-electron chi connectivity index (χ1n) is 13.2. The second kappa shape index (κ2) is 11.1. The maximum Gasteiger partial charge on any atom is 0.195 e. The Morgan fingerprint density at radius 1 is 0.865 bits per heavy atom. The van der Waals surface area contributed by atoms with Crippen LogP contribution in [0.2, 0.25) is 0 Å². The molecule has 0 bridgehead atoms. The smallest absolute Gasteiger partial charge is 0.195 e. The minimum Gasteiger partial charge on any atom is -0.492 e. The molecule has 2 heterocycles. The molecule has 4 nitrogen and oxygen atoms in total. The van der Waals surface area contributed by atoms with Crippen molar-refractivity contribution in [2.45, 2.75) is 45.6 Å². The van der Waals surface area contributed by atoms with Gasteiger partial charge >= 0.3 is 0 Å². The molecule has 0 saturated carbocycles. The minimum absolute atomic E-state index is 0.0246. The average Bonchev–Trinajstić information content (AvgIpc) is 3.28. The van der Waals surface area contributed by atoms with E-state index >= 15 is 0 Å². The molecule has 4 aromatic rings. The predicted molar refractivity (Wildman–Crippen MR) is 153 cm³/mol. The molecule has 37 heavy (non-hydrogen) atoms. The Bertz CT molecular complexity index is 1340. The van der Waals surface area contributed by atoms with Gasteiger partial charge in [0.1, 0.15) is 23.7 Å². The monoisotopic (exact) mass is 513 g/mol. The van der Waals surface area contributed by atoms with Gasteiger partial charge in [0, 0.05) is 32.6 Å². The SMILES string of the molecule is CC(C)(C)Oc1ccc(C(=O)c2c(-c3ccc(OCCN4CCCCC4)cc3)sc3ccccc23)cc1. The fourth-order valence-electron chi connectivity index (χ4n) is 4.82. The summed E-state index contributed by atoms with van der Waals surface area (Å²) in [6.45, 7) is 10.1. The molecule has 0 atom stereocenters. The zero-order valence-corrected chi connectivity index (χ0v) is 22.8. The standard InChI is InChI=1S/C32H35NO3S/c1-32(2,3)36-26-17-11-23(12-18-26)30(34)29-27-9-5-6-10-28(27)37-31(29)24-13-15-25(16-14-24)35-22-21-33-19-7-4-8-20-33/h5-6,9-18H,4,7-8,19-22H2,1-3H3. The van der Waals surface area contributed by atoms with Gasteiger partial charge in [0.2, 0.25) is 0 Å². The average molecular weight is 514 g/mol. The molecular formula is C32H35NO3S. The third-order valence-corrected chi connectivity index (χ3v) is 7.82. The second-order valence-corrected chi connectivity index (χ2v) is 11.7. The molecule has 0 radical (unpaired) electrons. The van der Waals surface area contributed by atoms with E-state index in [-0.39, 0.29) is 11.4 Å². The summed E-state index contributed by atoms with van der Waals surface area (Å²) < 4.78 is 13.1. The highest BCUT2D eigenvalue weighted by molar-refractivity contribution is 7.22. The number of fused-ring (bicyclic) bond motifs is 1. The number of piperidine rings is 1. The van der Waals surface area contributed by atoms with Crippen LogP contribution in [-0.4, -0.2) is 42.5 Å². The van der Waals surface area contributed by atoms with Gasteiger partial charge in [-0.15, -0.1) is 11.3 Å². The maximum absolute atomic E-state index is 13.8. The zero-order valence-electron chi connectivity index (χ0n) is 22.0. The molecule has 1 aliphatic rings. The summed E-state index contributed by atoms with van der Waals surface area (Å²) in [5, 5.41) is 0.990. The molecule has 0 spiro atoms. The van der Waals surface area contributed by atoms with Crippen molar-refractivity contribution in [3.8, 4) is 21.9 Å². The fraction of sp³-hybridized carbons (Fsp3) is 0.344. The van der Waals surface area contributed by atoms with Crippen molar-refractivity contribution >= 4 is 27.2 Å². The molecule has 1 fully saturated rings. The molecule has 0 aliphatic carbocycles. The summed E-state index contributed by atoms with van der Waals surface area (Å²) in [6.07, 6.45) is 3.93. The maximum atomic E-state index is 13.8. The van der Waals surface area contributed by atoms with Gasteiger partial charge in [-0.1, -0.05) is 24.6 Å². The van der Waals surface area contributed by atoms with Gasteiger partial charge < -0.3 is 9.47 Å². The van der Waals surface area contributed by atoms with Gasteiger partial charge in [0.25, 0.3) is 0 Å². The van der Waals surface area contributed by atoms with Crippen molar-refractivity contribution in [3.63, 3.8) is 0 Å². The molecule has 0 N–H and O–H groups in total.